The molecule has 0 aliphatic carbocycles. The summed E-state index contributed by atoms with van der Waals surface area (Å²) < 4.78 is 77.2. The van der Waals surface area contributed by atoms with Gasteiger partial charge in [-0.15, -0.1) is 0 Å². The van der Waals surface area contributed by atoms with Crippen molar-refractivity contribution in [2.75, 3.05) is 11.9 Å². The van der Waals surface area contributed by atoms with Crippen molar-refractivity contribution in [2.45, 2.75) is 4.90 Å². The fraction of sp³-hybridized carbons (Fsp3) is 0.0714. The summed E-state index contributed by atoms with van der Waals surface area (Å²) in [6.45, 7) is -0.750. The molecule has 0 heterocycles. The van der Waals surface area contributed by atoms with Gasteiger partial charge in [-0.3, -0.25) is 4.79 Å². The Morgan fingerprint density at radius 3 is 2.04 bits per heavy atom. The molecule has 2 aromatic carbocycles. The summed E-state index contributed by atoms with van der Waals surface area (Å²) in [7, 11) is -4.25. The number of rotatable bonds is 5. The summed E-state index contributed by atoms with van der Waals surface area (Å²) in [6, 6.07) is 4.51. The first-order valence-corrected chi connectivity index (χ1v) is 7.87. The Bertz CT molecular complexity index is 888. The summed E-state index contributed by atoms with van der Waals surface area (Å²) >= 11 is 0. The second kappa shape index (κ2) is 6.97. The van der Waals surface area contributed by atoms with E-state index in [9.17, 15) is 30.8 Å². The third-order valence-electron chi connectivity index (χ3n) is 2.83. The molecule has 0 spiro atoms. The molecule has 10 heteroatoms. The molecule has 0 aliphatic rings. The van der Waals surface area contributed by atoms with Crippen molar-refractivity contribution in [1.82, 2.24) is 4.72 Å². The van der Waals surface area contributed by atoms with E-state index in [1.165, 1.54) is 0 Å². The zero-order chi connectivity index (χ0) is 17.9. The molecule has 128 valence electrons. The highest BCUT2D eigenvalue weighted by atomic mass is 32.2. The van der Waals surface area contributed by atoms with E-state index < -0.39 is 50.6 Å². The van der Waals surface area contributed by atoms with Crippen molar-refractivity contribution in [1.29, 1.82) is 0 Å². The van der Waals surface area contributed by atoms with E-state index >= 15 is 0 Å². The van der Waals surface area contributed by atoms with Crippen molar-refractivity contribution < 1.29 is 30.8 Å². The predicted octanol–water partition coefficient (Wildman–Crippen LogP) is 2.16. The first kappa shape index (κ1) is 17.9. The van der Waals surface area contributed by atoms with Crippen LogP contribution >= 0.6 is 0 Å². The summed E-state index contributed by atoms with van der Waals surface area (Å²) in [4.78, 5) is 11.1. The Balaban J connectivity index is 2.01. The van der Waals surface area contributed by atoms with E-state index in [2.05, 4.69) is 5.32 Å². The second-order valence-electron chi connectivity index (χ2n) is 4.58. The normalized spacial score (nSPS) is 11.3. The first-order valence-electron chi connectivity index (χ1n) is 6.38. The summed E-state index contributed by atoms with van der Waals surface area (Å²) in [5.41, 5.74) is -0.0778. The molecule has 2 N–H and O–H groups in total. The maximum Gasteiger partial charge on any atom is 0.241 e. The molecule has 0 saturated heterocycles. The molecule has 0 atom stereocenters. The van der Waals surface area contributed by atoms with Gasteiger partial charge < -0.3 is 5.32 Å². The highest BCUT2D eigenvalue weighted by Crippen LogP contribution is 2.14. The molecule has 0 fully saturated rings. The van der Waals surface area contributed by atoms with Crippen LogP contribution in [0, 0.1) is 23.3 Å². The Hall–Kier alpha value is -2.46. The lowest BCUT2D eigenvalue weighted by atomic mass is 10.3. The van der Waals surface area contributed by atoms with Crippen LogP contribution in [0.3, 0.4) is 0 Å². The number of anilines is 1. The van der Waals surface area contributed by atoms with Gasteiger partial charge in [-0.2, -0.15) is 0 Å². The number of amides is 1. The van der Waals surface area contributed by atoms with Crippen molar-refractivity contribution in [3.8, 4) is 0 Å². The number of sulfonamides is 1. The number of hydrogen-bond donors (Lipinski definition) is 2. The van der Waals surface area contributed by atoms with Crippen molar-refractivity contribution in [3.63, 3.8) is 0 Å². The molecule has 2 rings (SSSR count). The molecule has 0 unspecified atom stereocenters. The Morgan fingerprint density at radius 2 is 1.46 bits per heavy atom. The predicted molar refractivity (Wildman–Crippen MR) is 76.5 cm³/mol. The van der Waals surface area contributed by atoms with Crippen LogP contribution in [0.5, 0.6) is 0 Å². The third kappa shape index (κ3) is 4.30. The topological polar surface area (TPSA) is 75.3 Å². The lowest BCUT2D eigenvalue weighted by Gasteiger charge is -2.08. The minimum absolute atomic E-state index is 0.0778. The monoisotopic (exact) mass is 362 g/mol. The molecule has 0 bridgehead atoms. The molecular formula is C14H10F4N2O3S. The molecule has 5 nitrogen and oxygen atoms in total. The summed E-state index contributed by atoms with van der Waals surface area (Å²) in [5.74, 6) is -5.73. The zero-order valence-corrected chi connectivity index (χ0v) is 12.6. The summed E-state index contributed by atoms with van der Waals surface area (Å²) in [6.07, 6.45) is 0. The van der Waals surface area contributed by atoms with Crippen molar-refractivity contribution >= 4 is 21.6 Å². The molecule has 24 heavy (non-hydrogen) atoms. The van der Waals surface area contributed by atoms with Gasteiger partial charge in [-0.1, -0.05) is 0 Å². The number of nitrogens with one attached hydrogen (secondary N) is 2. The van der Waals surface area contributed by atoms with Gasteiger partial charge in [0.05, 0.1) is 11.4 Å². The van der Waals surface area contributed by atoms with Crippen LogP contribution in [-0.2, 0) is 14.8 Å². The fourth-order valence-corrected chi connectivity index (χ4v) is 2.66. The molecule has 2 aromatic rings. The van der Waals surface area contributed by atoms with E-state index in [1.54, 1.807) is 0 Å². The van der Waals surface area contributed by atoms with Gasteiger partial charge in [0.15, 0.2) is 23.3 Å². The number of hydrogen-bond acceptors (Lipinski definition) is 3. The van der Waals surface area contributed by atoms with Gasteiger partial charge in [0, 0.05) is 11.8 Å². The highest BCUT2D eigenvalue weighted by Gasteiger charge is 2.18. The number of benzene rings is 2. The van der Waals surface area contributed by atoms with Crippen LogP contribution in [0.15, 0.2) is 41.3 Å². The quantitative estimate of drug-likeness (QED) is 0.801. The average molecular weight is 362 g/mol. The number of carbonyl (C=O) groups is 1. The largest absolute Gasteiger partial charge is 0.325 e. The number of halogens is 4. The van der Waals surface area contributed by atoms with Crippen LogP contribution in [0.4, 0.5) is 23.2 Å². The second-order valence-corrected chi connectivity index (χ2v) is 6.34. The molecule has 0 aromatic heterocycles. The van der Waals surface area contributed by atoms with Gasteiger partial charge in [0.25, 0.3) is 0 Å². The Kier molecular flexibility index (Phi) is 5.20. The van der Waals surface area contributed by atoms with E-state index in [-0.39, 0.29) is 5.69 Å². The van der Waals surface area contributed by atoms with E-state index in [0.717, 1.165) is 24.3 Å². The van der Waals surface area contributed by atoms with Crippen LogP contribution < -0.4 is 10.0 Å². The molecule has 1 amide bonds. The highest BCUT2D eigenvalue weighted by molar-refractivity contribution is 7.89. The molecule has 0 radical (unpaired) electrons. The van der Waals surface area contributed by atoms with Crippen LogP contribution in [0.1, 0.15) is 0 Å². The minimum Gasteiger partial charge on any atom is -0.325 e. The van der Waals surface area contributed by atoms with Crippen LogP contribution in [0.2, 0.25) is 0 Å². The summed E-state index contributed by atoms with van der Waals surface area (Å²) in [5, 5.41) is 2.15. The molecular weight excluding hydrogens is 352 g/mol. The standard InChI is InChI=1S/C14H10F4N2O3S/c15-10-3-1-8(5-12(10)17)20-14(21)7-19-24(22,23)9-2-4-11(16)13(18)6-9/h1-6,19H,7H2,(H,20,21). The van der Waals surface area contributed by atoms with E-state index in [1.807, 2.05) is 4.72 Å². The minimum atomic E-state index is -4.25. The lowest BCUT2D eigenvalue weighted by Crippen LogP contribution is -2.33. The number of carbonyl (C=O) groups excluding carboxylic acids is 1. The van der Waals surface area contributed by atoms with Crippen LogP contribution in [-0.4, -0.2) is 20.9 Å². The zero-order valence-electron chi connectivity index (χ0n) is 11.8. The SMILES string of the molecule is O=C(CNS(=O)(=O)c1ccc(F)c(F)c1)Nc1ccc(F)c(F)c1. The van der Waals surface area contributed by atoms with Crippen LogP contribution in [0.25, 0.3) is 0 Å². The lowest BCUT2D eigenvalue weighted by molar-refractivity contribution is -0.115. The first-order chi connectivity index (χ1) is 11.2. The van der Waals surface area contributed by atoms with Gasteiger partial charge >= 0.3 is 0 Å². The smallest absolute Gasteiger partial charge is 0.241 e. The Morgan fingerprint density at radius 1 is 0.875 bits per heavy atom. The third-order valence-corrected chi connectivity index (χ3v) is 4.23. The van der Waals surface area contributed by atoms with E-state index in [0.29, 0.717) is 12.1 Å². The molecule has 0 saturated carbocycles. The van der Waals surface area contributed by atoms with Gasteiger partial charge in [0.2, 0.25) is 15.9 Å². The average Bonchev–Trinajstić information content (AvgIpc) is 2.52. The molecule has 0 aliphatic heterocycles. The maximum absolute atomic E-state index is 13.1. The maximum atomic E-state index is 13.1. The van der Waals surface area contributed by atoms with Gasteiger partial charge in [0.1, 0.15) is 0 Å². The van der Waals surface area contributed by atoms with Gasteiger partial charge in [-0.05, 0) is 30.3 Å². The van der Waals surface area contributed by atoms with E-state index in [4.69, 9.17) is 0 Å². The van der Waals surface area contributed by atoms with Crippen molar-refractivity contribution in [3.05, 3.63) is 59.7 Å². The fourth-order valence-electron chi connectivity index (χ4n) is 1.67. The van der Waals surface area contributed by atoms with Gasteiger partial charge in [-0.25, -0.2) is 30.7 Å². The Labute approximate surface area is 134 Å². The van der Waals surface area contributed by atoms with Crippen molar-refractivity contribution in [2.24, 2.45) is 0 Å².